The molecule has 0 aliphatic heterocycles. The molecule has 1 fully saturated rings. The first kappa shape index (κ1) is 10.4. The van der Waals surface area contributed by atoms with Gasteiger partial charge in [-0.25, -0.2) is 4.68 Å². The molecule has 1 atom stereocenters. The highest BCUT2D eigenvalue weighted by Crippen LogP contribution is 2.45. The molecule has 0 saturated heterocycles. The summed E-state index contributed by atoms with van der Waals surface area (Å²) in [6.07, 6.45) is 5.51. The van der Waals surface area contributed by atoms with Crippen molar-refractivity contribution in [1.29, 1.82) is 0 Å². The second-order valence-electron chi connectivity index (χ2n) is 3.87. The minimum atomic E-state index is -0.143. The van der Waals surface area contributed by atoms with Crippen LogP contribution in [0.4, 0.5) is 0 Å². The fourth-order valence-electron chi connectivity index (χ4n) is 1.85. The van der Waals surface area contributed by atoms with E-state index >= 15 is 0 Å². The molecular weight excluding hydrogens is 216 g/mol. The molecule has 0 radical (unpaired) electrons. The average molecular weight is 229 g/mol. The zero-order chi connectivity index (χ0) is 10.9. The van der Waals surface area contributed by atoms with Crippen LogP contribution in [0.15, 0.2) is 12.4 Å². The number of hydrogen-bond donors (Lipinski definition) is 1. The number of hydrogen-bond acceptors (Lipinski definition) is 3. The van der Waals surface area contributed by atoms with Crippen LogP contribution in [0.2, 0.25) is 0 Å². The largest absolute Gasteiger partial charge is 0.350 e. The van der Waals surface area contributed by atoms with E-state index in [-0.39, 0.29) is 23.4 Å². The number of rotatable bonds is 4. The highest BCUT2D eigenvalue weighted by Gasteiger charge is 2.50. The minimum Gasteiger partial charge on any atom is -0.350 e. The topological polar surface area (TPSA) is 59.8 Å². The molecule has 1 aromatic rings. The normalized spacial score (nSPS) is 19.6. The standard InChI is InChI=1S/C9H13ClN4O/c1-7(12-8(15)6-10)9(2-3-9)14-5-4-11-13-14/h4-5,7H,2-3,6H2,1H3,(H,12,15). The van der Waals surface area contributed by atoms with Gasteiger partial charge in [-0.2, -0.15) is 0 Å². The van der Waals surface area contributed by atoms with E-state index in [2.05, 4.69) is 15.6 Å². The Balaban J connectivity index is 2.07. The van der Waals surface area contributed by atoms with Crippen LogP contribution in [0, 0.1) is 0 Å². The quantitative estimate of drug-likeness (QED) is 0.764. The maximum Gasteiger partial charge on any atom is 0.235 e. The van der Waals surface area contributed by atoms with Gasteiger partial charge >= 0.3 is 0 Å². The van der Waals surface area contributed by atoms with Crippen molar-refractivity contribution in [3.05, 3.63) is 12.4 Å². The molecule has 1 unspecified atom stereocenters. The van der Waals surface area contributed by atoms with Crippen LogP contribution in [0.3, 0.4) is 0 Å². The van der Waals surface area contributed by atoms with E-state index in [0.29, 0.717) is 0 Å². The summed E-state index contributed by atoms with van der Waals surface area (Å²) in [5.74, 6) is -0.145. The number of alkyl halides is 1. The van der Waals surface area contributed by atoms with Crippen LogP contribution < -0.4 is 5.32 Å². The Labute approximate surface area is 92.8 Å². The van der Waals surface area contributed by atoms with Gasteiger partial charge in [-0.1, -0.05) is 5.21 Å². The molecule has 6 heteroatoms. The molecule has 1 aliphatic rings. The molecule has 0 aromatic carbocycles. The Morgan fingerprint density at radius 3 is 2.93 bits per heavy atom. The third kappa shape index (κ3) is 1.84. The van der Waals surface area contributed by atoms with Gasteiger partial charge in [0.05, 0.1) is 17.8 Å². The summed E-state index contributed by atoms with van der Waals surface area (Å²) in [5, 5.41) is 10.6. The van der Waals surface area contributed by atoms with Crippen LogP contribution in [0.1, 0.15) is 19.8 Å². The molecule has 1 N–H and O–H groups in total. The lowest BCUT2D eigenvalue weighted by atomic mass is 10.1. The third-order valence-corrected chi connectivity index (χ3v) is 3.19. The van der Waals surface area contributed by atoms with Crippen LogP contribution >= 0.6 is 11.6 Å². The second-order valence-corrected chi connectivity index (χ2v) is 4.14. The van der Waals surface area contributed by atoms with Crippen LogP contribution in [0.25, 0.3) is 0 Å². The summed E-state index contributed by atoms with van der Waals surface area (Å²) in [6, 6.07) is 0.0328. The van der Waals surface area contributed by atoms with Gasteiger partial charge in [0.15, 0.2) is 0 Å². The Morgan fingerprint density at radius 2 is 2.47 bits per heavy atom. The van der Waals surface area contributed by atoms with E-state index in [1.54, 1.807) is 6.20 Å². The zero-order valence-corrected chi connectivity index (χ0v) is 9.24. The van der Waals surface area contributed by atoms with E-state index in [1.807, 2.05) is 17.8 Å². The van der Waals surface area contributed by atoms with E-state index in [1.165, 1.54) is 0 Å². The van der Waals surface area contributed by atoms with Crippen LogP contribution in [-0.4, -0.2) is 32.8 Å². The summed E-state index contributed by atoms with van der Waals surface area (Å²) in [4.78, 5) is 11.2. The van der Waals surface area contributed by atoms with Gasteiger partial charge in [0.1, 0.15) is 5.88 Å². The molecule has 15 heavy (non-hydrogen) atoms. The molecule has 1 amide bonds. The lowest BCUT2D eigenvalue weighted by Crippen LogP contribution is -2.45. The van der Waals surface area contributed by atoms with E-state index in [0.717, 1.165) is 12.8 Å². The van der Waals surface area contributed by atoms with Gasteiger partial charge in [0.2, 0.25) is 5.91 Å². The first-order chi connectivity index (χ1) is 7.19. The van der Waals surface area contributed by atoms with Crippen molar-refractivity contribution in [3.63, 3.8) is 0 Å². The number of halogens is 1. The molecule has 1 aromatic heterocycles. The van der Waals surface area contributed by atoms with Gasteiger partial charge in [-0.05, 0) is 19.8 Å². The summed E-state index contributed by atoms with van der Waals surface area (Å²) in [5.41, 5.74) is -0.0851. The lowest BCUT2D eigenvalue weighted by molar-refractivity contribution is -0.119. The van der Waals surface area contributed by atoms with Crippen molar-refractivity contribution in [1.82, 2.24) is 20.3 Å². The van der Waals surface area contributed by atoms with Gasteiger partial charge in [-0.15, -0.1) is 16.7 Å². The third-order valence-electron chi connectivity index (χ3n) is 2.95. The Bertz CT molecular complexity index is 347. The molecule has 0 bridgehead atoms. The predicted octanol–water partition coefficient (Wildman–Crippen LogP) is 0.511. The highest BCUT2D eigenvalue weighted by atomic mass is 35.5. The number of aromatic nitrogens is 3. The maximum atomic E-state index is 11.2. The van der Waals surface area contributed by atoms with Crippen LogP contribution in [0.5, 0.6) is 0 Å². The molecule has 82 valence electrons. The van der Waals surface area contributed by atoms with Crippen molar-refractivity contribution in [3.8, 4) is 0 Å². The Hall–Kier alpha value is -1.10. The zero-order valence-electron chi connectivity index (χ0n) is 8.48. The Morgan fingerprint density at radius 1 is 1.73 bits per heavy atom. The van der Waals surface area contributed by atoms with Crippen molar-refractivity contribution in [2.75, 3.05) is 5.88 Å². The predicted molar refractivity (Wildman–Crippen MR) is 55.6 cm³/mol. The smallest absolute Gasteiger partial charge is 0.235 e. The maximum absolute atomic E-state index is 11.2. The molecule has 1 heterocycles. The first-order valence-corrected chi connectivity index (χ1v) is 5.44. The van der Waals surface area contributed by atoms with Gasteiger partial charge in [0.25, 0.3) is 0 Å². The SMILES string of the molecule is CC(NC(=O)CCl)C1(n2ccnn2)CC1. The molecule has 1 aliphatic carbocycles. The number of amides is 1. The monoisotopic (exact) mass is 228 g/mol. The van der Waals surface area contributed by atoms with E-state index < -0.39 is 0 Å². The fraction of sp³-hybridized carbons (Fsp3) is 0.667. The summed E-state index contributed by atoms with van der Waals surface area (Å²) in [7, 11) is 0. The molecular formula is C9H13ClN4O. The van der Waals surface area contributed by atoms with Crippen molar-refractivity contribution in [2.24, 2.45) is 0 Å². The van der Waals surface area contributed by atoms with Gasteiger partial charge in [-0.3, -0.25) is 4.79 Å². The number of carbonyl (C=O) groups excluding carboxylic acids is 1. The lowest BCUT2D eigenvalue weighted by Gasteiger charge is -2.24. The molecule has 2 rings (SSSR count). The second kappa shape index (κ2) is 3.81. The van der Waals surface area contributed by atoms with Crippen LogP contribution in [-0.2, 0) is 10.3 Å². The first-order valence-electron chi connectivity index (χ1n) is 4.91. The van der Waals surface area contributed by atoms with Gasteiger partial charge < -0.3 is 5.32 Å². The summed E-state index contributed by atoms with van der Waals surface area (Å²) in [6.45, 7) is 1.97. The average Bonchev–Trinajstić information content (AvgIpc) is 2.87. The molecule has 1 saturated carbocycles. The number of carbonyl (C=O) groups is 1. The summed E-state index contributed by atoms with van der Waals surface area (Å²) >= 11 is 5.44. The van der Waals surface area contributed by atoms with Crippen molar-refractivity contribution < 1.29 is 4.79 Å². The molecule has 0 spiro atoms. The number of nitrogens with one attached hydrogen (secondary N) is 1. The number of nitrogens with zero attached hydrogens (tertiary/aromatic N) is 3. The van der Waals surface area contributed by atoms with E-state index in [9.17, 15) is 4.79 Å². The fourth-order valence-corrected chi connectivity index (χ4v) is 1.93. The van der Waals surface area contributed by atoms with Crippen molar-refractivity contribution >= 4 is 17.5 Å². The van der Waals surface area contributed by atoms with Crippen molar-refractivity contribution in [2.45, 2.75) is 31.3 Å². The highest BCUT2D eigenvalue weighted by molar-refractivity contribution is 6.27. The van der Waals surface area contributed by atoms with Gasteiger partial charge in [0, 0.05) is 6.20 Å². The molecule has 5 nitrogen and oxygen atoms in total. The van der Waals surface area contributed by atoms with E-state index in [4.69, 9.17) is 11.6 Å². The minimum absolute atomic E-state index is 0.00221. The summed E-state index contributed by atoms with van der Waals surface area (Å²) < 4.78 is 1.83. The Kier molecular flexibility index (Phi) is 2.65.